The number of halogens is 1. The summed E-state index contributed by atoms with van der Waals surface area (Å²) in [4.78, 5) is 31.4. The number of hydrogen-bond donors (Lipinski definition) is 1. The molecule has 1 aromatic carbocycles. The monoisotopic (exact) mass is 418 g/mol. The zero-order chi connectivity index (χ0) is 20.8. The lowest BCUT2D eigenvalue weighted by Gasteiger charge is -2.09. The van der Waals surface area contributed by atoms with E-state index in [1.165, 1.54) is 54.1 Å². The SMILES string of the molecule is CCCCCCCCn1c(SCc2ccc(F)cc2)nc2c1c(=O)[nH]c(=O)n2C. The molecule has 29 heavy (non-hydrogen) atoms. The molecule has 0 saturated heterocycles. The van der Waals surface area contributed by atoms with E-state index >= 15 is 0 Å². The molecule has 0 aliphatic heterocycles. The number of fused-ring (bicyclic) bond motifs is 1. The zero-order valence-corrected chi connectivity index (χ0v) is 17.7. The summed E-state index contributed by atoms with van der Waals surface area (Å²) >= 11 is 1.49. The molecule has 3 aromatic rings. The van der Waals surface area contributed by atoms with E-state index in [1.807, 2.05) is 4.57 Å². The van der Waals surface area contributed by atoms with E-state index in [-0.39, 0.29) is 5.82 Å². The Morgan fingerprint density at radius 1 is 1.07 bits per heavy atom. The molecule has 2 heterocycles. The van der Waals surface area contributed by atoms with E-state index in [4.69, 9.17) is 0 Å². The molecule has 1 N–H and O–H groups in total. The highest BCUT2D eigenvalue weighted by Gasteiger charge is 2.17. The van der Waals surface area contributed by atoms with Crippen LogP contribution in [0.5, 0.6) is 0 Å². The second kappa shape index (κ2) is 9.91. The highest BCUT2D eigenvalue weighted by atomic mass is 32.2. The van der Waals surface area contributed by atoms with Gasteiger partial charge in [0.15, 0.2) is 16.3 Å². The molecule has 2 aromatic heterocycles. The molecule has 0 aliphatic rings. The van der Waals surface area contributed by atoms with Crippen molar-refractivity contribution < 1.29 is 4.39 Å². The van der Waals surface area contributed by atoms with Gasteiger partial charge in [-0.25, -0.2) is 14.2 Å². The van der Waals surface area contributed by atoms with Gasteiger partial charge in [0.2, 0.25) is 0 Å². The summed E-state index contributed by atoms with van der Waals surface area (Å²) in [6, 6.07) is 6.35. The Labute approximate surface area is 173 Å². The number of hydrogen-bond acceptors (Lipinski definition) is 4. The number of H-pyrrole nitrogens is 1. The summed E-state index contributed by atoms with van der Waals surface area (Å²) in [5.41, 5.74) is 0.919. The standard InChI is InChI=1S/C21H27FN4O2S/c1-3-4-5-6-7-8-13-26-17-18(25(2)20(28)24-19(17)27)23-21(26)29-14-15-9-11-16(22)12-10-15/h9-12H,3-8,13-14H2,1-2H3,(H,24,27,28). The van der Waals surface area contributed by atoms with Gasteiger partial charge in [0.25, 0.3) is 5.56 Å². The molecule has 8 heteroatoms. The molecular weight excluding hydrogens is 391 g/mol. The largest absolute Gasteiger partial charge is 0.329 e. The van der Waals surface area contributed by atoms with Gasteiger partial charge in [-0.05, 0) is 24.1 Å². The van der Waals surface area contributed by atoms with Crippen LogP contribution in [0, 0.1) is 5.82 Å². The smallest absolute Gasteiger partial charge is 0.313 e. The van der Waals surface area contributed by atoms with Crippen LogP contribution in [0.4, 0.5) is 4.39 Å². The molecule has 0 unspecified atom stereocenters. The first-order valence-corrected chi connectivity index (χ1v) is 11.1. The molecule has 0 fully saturated rings. The van der Waals surface area contributed by atoms with Crippen LogP contribution in [0.15, 0.2) is 39.0 Å². The number of nitrogens with zero attached hydrogens (tertiary/aromatic N) is 3. The van der Waals surface area contributed by atoms with Crippen molar-refractivity contribution in [1.29, 1.82) is 0 Å². The van der Waals surface area contributed by atoms with Crippen LogP contribution in [0.3, 0.4) is 0 Å². The van der Waals surface area contributed by atoms with Crippen molar-refractivity contribution in [2.45, 2.75) is 62.9 Å². The molecule has 3 rings (SSSR count). The lowest BCUT2D eigenvalue weighted by Crippen LogP contribution is -2.29. The zero-order valence-electron chi connectivity index (χ0n) is 16.9. The van der Waals surface area contributed by atoms with Crippen molar-refractivity contribution in [3.05, 3.63) is 56.5 Å². The van der Waals surface area contributed by atoms with Crippen LogP contribution in [-0.4, -0.2) is 19.1 Å². The Bertz CT molecular complexity index is 1070. The molecule has 6 nitrogen and oxygen atoms in total. The quantitative estimate of drug-likeness (QED) is 0.395. The van der Waals surface area contributed by atoms with Gasteiger partial charge in [-0.15, -0.1) is 0 Å². The minimum Gasteiger partial charge on any atom is -0.313 e. The minimum atomic E-state index is -0.471. The summed E-state index contributed by atoms with van der Waals surface area (Å²) in [7, 11) is 1.61. The van der Waals surface area contributed by atoms with E-state index in [9.17, 15) is 14.0 Å². The average molecular weight is 419 g/mol. The predicted octanol–water partition coefficient (Wildman–Crippen LogP) is 4.22. The van der Waals surface area contributed by atoms with Crippen molar-refractivity contribution in [3.8, 4) is 0 Å². The maximum Gasteiger partial charge on any atom is 0.329 e. The number of thioether (sulfide) groups is 1. The van der Waals surface area contributed by atoms with Gasteiger partial charge in [0, 0.05) is 19.3 Å². The fourth-order valence-corrected chi connectivity index (χ4v) is 4.29. The molecule has 0 atom stereocenters. The minimum absolute atomic E-state index is 0.268. The maximum absolute atomic E-state index is 13.1. The number of unbranched alkanes of at least 4 members (excludes halogenated alkanes) is 5. The number of nitrogens with one attached hydrogen (secondary N) is 1. The van der Waals surface area contributed by atoms with E-state index in [2.05, 4.69) is 16.9 Å². The molecule has 0 spiro atoms. The third kappa shape index (κ3) is 5.18. The number of benzene rings is 1. The number of aromatic amines is 1. The van der Waals surface area contributed by atoms with E-state index in [1.54, 1.807) is 19.2 Å². The van der Waals surface area contributed by atoms with E-state index in [0.717, 1.165) is 18.4 Å². The number of imidazole rings is 1. The Morgan fingerprint density at radius 2 is 1.76 bits per heavy atom. The summed E-state index contributed by atoms with van der Waals surface area (Å²) in [6.07, 6.45) is 6.89. The maximum atomic E-state index is 13.1. The third-order valence-corrected chi connectivity index (χ3v) is 6.04. The molecule has 0 aliphatic carbocycles. The van der Waals surface area contributed by atoms with Gasteiger partial charge in [0.05, 0.1) is 0 Å². The second-order valence-corrected chi connectivity index (χ2v) is 8.16. The van der Waals surface area contributed by atoms with Crippen molar-refractivity contribution in [2.24, 2.45) is 7.05 Å². The van der Waals surface area contributed by atoms with Crippen LogP contribution in [0.1, 0.15) is 51.0 Å². The Hall–Kier alpha value is -2.35. The lowest BCUT2D eigenvalue weighted by atomic mass is 10.1. The van der Waals surface area contributed by atoms with E-state index in [0.29, 0.717) is 28.6 Å². The number of rotatable bonds is 10. The van der Waals surface area contributed by atoms with Gasteiger partial charge < -0.3 is 4.57 Å². The van der Waals surface area contributed by atoms with E-state index < -0.39 is 11.2 Å². The van der Waals surface area contributed by atoms with Gasteiger partial charge in [-0.1, -0.05) is 62.9 Å². The van der Waals surface area contributed by atoms with Crippen LogP contribution >= 0.6 is 11.8 Å². The fraction of sp³-hybridized carbons (Fsp3) is 0.476. The molecule has 0 bridgehead atoms. The molecule has 0 saturated carbocycles. The molecule has 0 amide bonds. The highest BCUT2D eigenvalue weighted by Crippen LogP contribution is 2.25. The van der Waals surface area contributed by atoms with Crippen molar-refractivity contribution >= 4 is 22.9 Å². The lowest BCUT2D eigenvalue weighted by molar-refractivity contribution is 0.544. The first-order valence-electron chi connectivity index (χ1n) is 10.1. The van der Waals surface area contributed by atoms with Crippen LogP contribution in [-0.2, 0) is 19.3 Å². The Kier molecular flexibility index (Phi) is 7.30. The molecule has 0 radical (unpaired) electrons. The predicted molar refractivity (Wildman–Crippen MR) is 115 cm³/mol. The van der Waals surface area contributed by atoms with Gasteiger partial charge in [0.1, 0.15) is 5.82 Å². The van der Waals surface area contributed by atoms with Crippen molar-refractivity contribution in [2.75, 3.05) is 0 Å². The highest BCUT2D eigenvalue weighted by molar-refractivity contribution is 7.98. The molecule has 156 valence electrons. The van der Waals surface area contributed by atoms with Crippen molar-refractivity contribution in [3.63, 3.8) is 0 Å². The summed E-state index contributed by atoms with van der Waals surface area (Å²) in [5, 5.41) is 0.699. The van der Waals surface area contributed by atoms with Gasteiger partial charge in [-0.2, -0.15) is 0 Å². The van der Waals surface area contributed by atoms with Crippen LogP contribution in [0.2, 0.25) is 0 Å². The topological polar surface area (TPSA) is 72.7 Å². The second-order valence-electron chi connectivity index (χ2n) is 7.22. The average Bonchev–Trinajstić information content (AvgIpc) is 3.07. The van der Waals surface area contributed by atoms with Crippen LogP contribution in [0.25, 0.3) is 11.2 Å². The first kappa shape index (κ1) is 21.4. The Morgan fingerprint density at radius 3 is 2.48 bits per heavy atom. The third-order valence-electron chi connectivity index (χ3n) is 4.99. The van der Waals surface area contributed by atoms with Gasteiger partial charge >= 0.3 is 5.69 Å². The first-order chi connectivity index (χ1) is 14.0. The normalized spacial score (nSPS) is 11.4. The molecular formula is C21H27FN4O2S. The Balaban J connectivity index is 1.85. The van der Waals surface area contributed by atoms with Crippen LogP contribution < -0.4 is 11.2 Å². The summed E-state index contributed by atoms with van der Waals surface area (Å²) < 4.78 is 16.4. The summed E-state index contributed by atoms with van der Waals surface area (Å²) in [6.45, 7) is 2.87. The summed E-state index contributed by atoms with van der Waals surface area (Å²) in [5.74, 6) is 0.335. The fourth-order valence-electron chi connectivity index (χ4n) is 3.31. The van der Waals surface area contributed by atoms with Gasteiger partial charge in [-0.3, -0.25) is 14.3 Å². The van der Waals surface area contributed by atoms with Crippen molar-refractivity contribution in [1.82, 2.24) is 19.1 Å². The number of aromatic nitrogens is 4. The number of aryl methyl sites for hydroxylation is 2.